The van der Waals surface area contributed by atoms with Crippen molar-refractivity contribution < 1.29 is 26.4 Å². The van der Waals surface area contributed by atoms with Crippen LogP contribution in [0.1, 0.15) is 18.4 Å². The van der Waals surface area contributed by atoms with Gasteiger partial charge in [-0.15, -0.1) is 0 Å². The van der Waals surface area contributed by atoms with Gasteiger partial charge < -0.3 is 10.1 Å². The van der Waals surface area contributed by atoms with E-state index in [-0.39, 0.29) is 35.6 Å². The zero-order chi connectivity index (χ0) is 25.9. The van der Waals surface area contributed by atoms with Crippen LogP contribution >= 0.6 is 23.2 Å². The summed E-state index contributed by atoms with van der Waals surface area (Å²) in [7, 11) is -7.27. The Kier molecular flexibility index (Phi) is 8.60. The minimum absolute atomic E-state index is 0.152. The second kappa shape index (κ2) is 11.3. The topological polar surface area (TPSA) is 113 Å². The highest BCUT2D eigenvalue weighted by Crippen LogP contribution is 2.29. The fourth-order valence-electron chi connectivity index (χ4n) is 4.23. The highest BCUT2D eigenvalue weighted by Gasteiger charge is 2.32. The molecule has 0 atom stereocenters. The Bertz CT molecular complexity index is 1290. The molecule has 0 radical (unpaired) electrons. The van der Waals surface area contributed by atoms with Gasteiger partial charge >= 0.3 is 0 Å². The van der Waals surface area contributed by atoms with Crippen LogP contribution in [-0.2, 0) is 35.3 Å². The van der Waals surface area contributed by atoms with Crippen LogP contribution in [0.5, 0.6) is 0 Å². The number of ether oxygens (including phenoxy) is 1. The maximum absolute atomic E-state index is 12.9. The number of hydrogen-bond donors (Lipinski definition) is 1. The van der Waals surface area contributed by atoms with Crippen LogP contribution in [0.25, 0.3) is 0 Å². The maximum Gasteiger partial charge on any atom is 0.243 e. The van der Waals surface area contributed by atoms with Gasteiger partial charge in [0.1, 0.15) is 0 Å². The molecule has 0 spiro atoms. The lowest BCUT2D eigenvalue weighted by molar-refractivity contribution is -0.120. The molecule has 2 aromatic rings. The van der Waals surface area contributed by atoms with Gasteiger partial charge in [0, 0.05) is 53.4 Å². The molecule has 36 heavy (non-hydrogen) atoms. The Labute approximate surface area is 221 Å². The molecule has 2 aromatic carbocycles. The molecule has 2 fully saturated rings. The summed E-state index contributed by atoms with van der Waals surface area (Å²) in [5.74, 6) is -0.899. The molecular formula is C23H27Cl2N3O6S2. The third-order valence-corrected chi connectivity index (χ3v) is 10.8. The first kappa shape index (κ1) is 27.3. The Morgan fingerprint density at radius 2 is 1.47 bits per heavy atom. The van der Waals surface area contributed by atoms with E-state index < -0.39 is 20.0 Å². The normalized spacial score (nSPS) is 18.7. The van der Waals surface area contributed by atoms with Crippen molar-refractivity contribution in [1.82, 2.24) is 8.61 Å². The average Bonchev–Trinajstić information content (AvgIpc) is 2.87. The van der Waals surface area contributed by atoms with Crippen LogP contribution in [0.2, 0.25) is 10.0 Å². The molecule has 4 rings (SSSR count). The van der Waals surface area contributed by atoms with Crippen molar-refractivity contribution in [2.24, 2.45) is 5.92 Å². The first-order chi connectivity index (χ1) is 17.1. The summed E-state index contributed by atoms with van der Waals surface area (Å²) in [6.07, 6.45) is 0.732. The van der Waals surface area contributed by atoms with Crippen molar-refractivity contribution in [3.05, 3.63) is 58.1 Å². The summed E-state index contributed by atoms with van der Waals surface area (Å²) in [5.41, 5.74) is 0.837. The predicted molar refractivity (Wildman–Crippen MR) is 138 cm³/mol. The molecule has 2 aliphatic heterocycles. The SMILES string of the molecule is O=C(Nc1ccc(S(=O)(=O)N2CCOCC2)cc1)C1CCN(S(=O)(=O)Cc2c(Cl)cccc2Cl)CC1. The fraction of sp³-hybridized carbons (Fsp3) is 0.435. The molecule has 9 nitrogen and oxygen atoms in total. The number of nitrogens with one attached hydrogen (secondary N) is 1. The van der Waals surface area contributed by atoms with Crippen LogP contribution in [-0.4, -0.2) is 70.7 Å². The van der Waals surface area contributed by atoms with E-state index in [2.05, 4.69) is 5.32 Å². The quantitative estimate of drug-likeness (QED) is 0.542. The molecule has 0 unspecified atom stereocenters. The summed E-state index contributed by atoms with van der Waals surface area (Å²) in [6.45, 7) is 1.75. The maximum atomic E-state index is 12.9. The minimum atomic E-state index is -3.65. The van der Waals surface area contributed by atoms with E-state index in [0.29, 0.717) is 60.4 Å². The number of carbonyl (C=O) groups is 1. The van der Waals surface area contributed by atoms with Crippen LogP contribution in [0.15, 0.2) is 47.4 Å². The smallest absolute Gasteiger partial charge is 0.243 e. The summed E-state index contributed by atoms with van der Waals surface area (Å²) >= 11 is 12.3. The number of halogens is 2. The van der Waals surface area contributed by atoms with Crippen LogP contribution < -0.4 is 5.32 Å². The van der Waals surface area contributed by atoms with E-state index in [1.165, 1.54) is 20.7 Å². The highest BCUT2D eigenvalue weighted by molar-refractivity contribution is 7.89. The number of amides is 1. The lowest BCUT2D eigenvalue weighted by Gasteiger charge is -2.30. The number of anilines is 1. The number of benzene rings is 2. The molecule has 2 aliphatic rings. The Morgan fingerprint density at radius 3 is 2.06 bits per heavy atom. The molecule has 0 aromatic heterocycles. The number of sulfonamides is 2. The lowest BCUT2D eigenvalue weighted by atomic mass is 9.97. The molecule has 1 N–H and O–H groups in total. The molecule has 0 saturated carbocycles. The summed E-state index contributed by atoms with van der Waals surface area (Å²) in [4.78, 5) is 12.9. The Morgan fingerprint density at radius 1 is 0.889 bits per heavy atom. The van der Waals surface area contributed by atoms with E-state index in [1.807, 2.05) is 0 Å². The largest absolute Gasteiger partial charge is 0.379 e. The van der Waals surface area contributed by atoms with Crippen LogP contribution in [0, 0.1) is 5.92 Å². The monoisotopic (exact) mass is 575 g/mol. The fourth-order valence-corrected chi connectivity index (χ4v) is 7.95. The van der Waals surface area contributed by atoms with Crippen molar-refractivity contribution in [3.8, 4) is 0 Å². The lowest BCUT2D eigenvalue weighted by Crippen LogP contribution is -2.42. The van der Waals surface area contributed by atoms with Gasteiger partial charge in [0.05, 0.1) is 23.9 Å². The highest BCUT2D eigenvalue weighted by atomic mass is 35.5. The number of carbonyl (C=O) groups excluding carboxylic acids is 1. The van der Waals surface area contributed by atoms with E-state index >= 15 is 0 Å². The third kappa shape index (κ3) is 6.21. The number of rotatable bonds is 7. The van der Waals surface area contributed by atoms with Crippen LogP contribution in [0.4, 0.5) is 5.69 Å². The number of nitrogens with zero attached hydrogens (tertiary/aromatic N) is 2. The van der Waals surface area contributed by atoms with Crippen molar-refractivity contribution in [3.63, 3.8) is 0 Å². The first-order valence-corrected chi connectivity index (χ1v) is 15.3. The molecule has 196 valence electrons. The van der Waals surface area contributed by atoms with E-state index in [1.54, 1.807) is 30.3 Å². The number of hydrogen-bond acceptors (Lipinski definition) is 6. The van der Waals surface area contributed by atoms with Gasteiger partial charge in [-0.05, 0) is 49.2 Å². The van der Waals surface area contributed by atoms with Gasteiger partial charge in [0.2, 0.25) is 26.0 Å². The summed E-state index contributed by atoms with van der Waals surface area (Å²) < 4.78 is 59.3. The minimum Gasteiger partial charge on any atom is -0.379 e. The second-order valence-electron chi connectivity index (χ2n) is 8.66. The average molecular weight is 577 g/mol. The molecular weight excluding hydrogens is 549 g/mol. The molecule has 0 aliphatic carbocycles. The molecule has 13 heteroatoms. The molecule has 0 bridgehead atoms. The standard InChI is InChI=1S/C23H27Cl2N3O6S2/c24-21-2-1-3-22(25)20(21)16-35(30,31)27-10-8-17(9-11-27)23(29)26-18-4-6-19(7-5-18)36(32,33)28-12-14-34-15-13-28/h1-7,17H,8-16H2,(H,26,29). The van der Waals surface area contributed by atoms with E-state index in [0.717, 1.165) is 0 Å². The molecule has 1 amide bonds. The Balaban J connectivity index is 1.32. The van der Waals surface area contributed by atoms with Gasteiger partial charge in [-0.2, -0.15) is 4.31 Å². The van der Waals surface area contributed by atoms with Crippen LogP contribution in [0.3, 0.4) is 0 Å². The zero-order valence-electron chi connectivity index (χ0n) is 19.4. The van der Waals surface area contributed by atoms with Crippen molar-refractivity contribution in [2.75, 3.05) is 44.7 Å². The van der Waals surface area contributed by atoms with Crippen molar-refractivity contribution in [2.45, 2.75) is 23.5 Å². The zero-order valence-corrected chi connectivity index (χ0v) is 22.5. The Hall–Kier alpha value is -1.73. The number of piperidine rings is 1. The van der Waals surface area contributed by atoms with Gasteiger partial charge in [-0.3, -0.25) is 4.79 Å². The van der Waals surface area contributed by atoms with Gasteiger partial charge in [-0.25, -0.2) is 21.1 Å². The predicted octanol–water partition coefficient (Wildman–Crippen LogP) is 3.19. The van der Waals surface area contributed by atoms with Crippen molar-refractivity contribution in [1.29, 1.82) is 0 Å². The second-order valence-corrected chi connectivity index (χ2v) is 13.4. The van der Waals surface area contributed by atoms with E-state index in [9.17, 15) is 21.6 Å². The summed E-state index contributed by atoms with van der Waals surface area (Å²) in [6, 6.07) is 10.9. The third-order valence-electron chi connectivity index (χ3n) is 6.34. The van der Waals surface area contributed by atoms with E-state index in [4.69, 9.17) is 27.9 Å². The molecule has 2 saturated heterocycles. The first-order valence-electron chi connectivity index (χ1n) is 11.5. The summed E-state index contributed by atoms with van der Waals surface area (Å²) in [5, 5.41) is 3.40. The van der Waals surface area contributed by atoms with Gasteiger partial charge in [-0.1, -0.05) is 29.3 Å². The number of morpholine rings is 1. The van der Waals surface area contributed by atoms with Crippen molar-refractivity contribution >= 4 is 54.8 Å². The van der Waals surface area contributed by atoms with Gasteiger partial charge in [0.15, 0.2) is 0 Å². The van der Waals surface area contributed by atoms with Gasteiger partial charge in [0.25, 0.3) is 0 Å². The molecule has 2 heterocycles.